The molecule has 6 heteroatoms. The first-order valence-corrected chi connectivity index (χ1v) is 10.1. The molecule has 26 heavy (non-hydrogen) atoms. The molecule has 0 aromatic carbocycles. The van der Waals surface area contributed by atoms with Crippen molar-refractivity contribution in [1.29, 1.82) is 0 Å². The fourth-order valence-electron chi connectivity index (χ4n) is 3.83. The van der Waals surface area contributed by atoms with Gasteiger partial charge in [-0.1, -0.05) is 19.8 Å². The van der Waals surface area contributed by atoms with Gasteiger partial charge in [0, 0.05) is 32.1 Å². The van der Waals surface area contributed by atoms with E-state index in [1.807, 2.05) is 17.0 Å². The average molecular weight is 361 g/mol. The number of amides is 1. The number of carbonyl (C=O) groups excluding carboxylic acids is 1. The summed E-state index contributed by atoms with van der Waals surface area (Å²) < 4.78 is 5.39. The zero-order valence-corrected chi connectivity index (χ0v) is 15.9. The normalized spacial score (nSPS) is 23.9. The van der Waals surface area contributed by atoms with Crippen LogP contribution in [-0.4, -0.2) is 49.0 Å². The molecule has 0 radical (unpaired) electrons. The van der Waals surface area contributed by atoms with Gasteiger partial charge in [0.15, 0.2) is 5.96 Å². The number of rotatable bonds is 6. The SMILES string of the molecule is CC1CCCCC1NC(=NCC(=O)N1CCCC1)NCCc1ccco1. The minimum Gasteiger partial charge on any atom is -0.469 e. The van der Waals surface area contributed by atoms with E-state index in [1.165, 1.54) is 25.7 Å². The highest BCUT2D eigenvalue weighted by Gasteiger charge is 2.22. The van der Waals surface area contributed by atoms with Gasteiger partial charge in [0.1, 0.15) is 12.3 Å². The lowest BCUT2D eigenvalue weighted by atomic mass is 9.86. The van der Waals surface area contributed by atoms with Crippen molar-refractivity contribution in [2.45, 2.75) is 57.9 Å². The number of likely N-dealkylation sites (tertiary alicyclic amines) is 1. The molecular formula is C20H32N4O2. The fraction of sp³-hybridized carbons (Fsp3) is 0.700. The number of hydrogen-bond acceptors (Lipinski definition) is 3. The molecule has 1 aromatic heterocycles. The third-order valence-corrected chi connectivity index (χ3v) is 5.51. The Kier molecular flexibility index (Phi) is 6.97. The van der Waals surface area contributed by atoms with Gasteiger partial charge in [-0.05, 0) is 43.7 Å². The third-order valence-electron chi connectivity index (χ3n) is 5.51. The second-order valence-corrected chi connectivity index (χ2v) is 7.52. The van der Waals surface area contributed by atoms with Crippen LogP contribution in [0.15, 0.2) is 27.8 Å². The topological polar surface area (TPSA) is 69.9 Å². The highest BCUT2D eigenvalue weighted by atomic mass is 16.3. The minimum atomic E-state index is 0.131. The van der Waals surface area contributed by atoms with E-state index in [-0.39, 0.29) is 12.5 Å². The zero-order valence-electron chi connectivity index (χ0n) is 15.9. The monoisotopic (exact) mass is 360 g/mol. The van der Waals surface area contributed by atoms with Crippen LogP contribution in [0.4, 0.5) is 0 Å². The lowest BCUT2D eigenvalue weighted by molar-refractivity contribution is -0.128. The summed E-state index contributed by atoms with van der Waals surface area (Å²) >= 11 is 0. The van der Waals surface area contributed by atoms with E-state index < -0.39 is 0 Å². The van der Waals surface area contributed by atoms with Crippen molar-refractivity contribution >= 4 is 11.9 Å². The molecule has 1 saturated carbocycles. The molecule has 1 amide bonds. The molecule has 3 rings (SSSR count). The van der Waals surface area contributed by atoms with E-state index in [4.69, 9.17) is 4.42 Å². The number of nitrogens with zero attached hydrogens (tertiary/aromatic N) is 2. The molecule has 144 valence electrons. The average Bonchev–Trinajstić information content (AvgIpc) is 3.35. The molecular weight excluding hydrogens is 328 g/mol. The number of guanidine groups is 1. The van der Waals surface area contributed by atoms with Crippen molar-refractivity contribution in [2.24, 2.45) is 10.9 Å². The maximum Gasteiger partial charge on any atom is 0.244 e. The Bertz CT molecular complexity index is 579. The summed E-state index contributed by atoms with van der Waals surface area (Å²) in [7, 11) is 0. The summed E-state index contributed by atoms with van der Waals surface area (Å²) in [6.45, 7) is 5.01. The van der Waals surface area contributed by atoms with Crippen LogP contribution in [0.5, 0.6) is 0 Å². The number of carbonyl (C=O) groups is 1. The maximum absolute atomic E-state index is 12.3. The Labute approximate surface area is 156 Å². The molecule has 1 aliphatic heterocycles. The van der Waals surface area contributed by atoms with Gasteiger partial charge in [-0.3, -0.25) is 4.79 Å². The Hall–Kier alpha value is -1.98. The summed E-state index contributed by atoms with van der Waals surface area (Å²) in [6, 6.07) is 4.31. The maximum atomic E-state index is 12.3. The van der Waals surface area contributed by atoms with Crippen LogP contribution in [0.2, 0.25) is 0 Å². The molecule has 2 heterocycles. The number of furan rings is 1. The van der Waals surface area contributed by atoms with Gasteiger partial charge in [0.2, 0.25) is 5.91 Å². The number of hydrogen-bond donors (Lipinski definition) is 2. The van der Waals surface area contributed by atoms with Crippen molar-refractivity contribution in [3.8, 4) is 0 Å². The summed E-state index contributed by atoms with van der Waals surface area (Å²) in [4.78, 5) is 18.8. The van der Waals surface area contributed by atoms with Crippen LogP contribution in [0, 0.1) is 5.92 Å². The van der Waals surface area contributed by atoms with Crippen molar-refractivity contribution in [3.05, 3.63) is 24.2 Å². The second-order valence-electron chi connectivity index (χ2n) is 7.52. The van der Waals surface area contributed by atoms with Gasteiger partial charge >= 0.3 is 0 Å². The quantitative estimate of drug-likeness (QED) is 0.604. The Morgan fingerprint density at radius 3 is 2.81 bits per heavy atom. The van der Waals surface area contributed by atoms with Gasteiger partial charge in [0.05, 0.1) is 6.26 Å². The molecule has 1 aliphatic carbocycles. The second kappa shape index (κ2) is 9.64. The molecule has 2 N–H and O–H groups in total. The number of aliphatic imine (C=N–C) groups is 1. The first kappa shape index (κ1) is 18.8. The van der Waals surface area contributed by atoms with Gasteiger partial charge < -0.3 is 20.0 Å². The third kappa shape index (κ3) is 5.51. The Morgan fingerprint density at radius 2 is 2.08 bits per heavy atom. The molecule has 1 aromatic rings. The van der Waals surface area contributed by atoms with Crippen LogP contribution in [0.1, 0.15) is 51.2 Å². The van der Waals surface area contributed by atoms with E-state index in [0.717, 1.165) is 50.6 Å². The van der Waals surface area contributed by atoms with E-state index >= 15 is 0 Å². The van der Waals surface area contributed by atoms with Crippen molar-refractivity contribution in [3.63, 3.8) is 0 Å². The van der Waals surface area contributed by atoms with Crippen molar-refractivity contribution in [1.82, 2.24) is 15.5 Å². The van der Waals surface area contributed by atoms with Gasteiger partial charge in [-0.15, -0.1) is 0 Å². The largest absolute Gasteiger partial charge is 0.469 e. The van der Waals surface area contributed by atoms with Gasteiger partial charge in [-0.2, -0.15) is 0 Å². The first-order valence-electron chi connectivity index (χ1n) is 10.1. The van der Waals surface area contributed by atoms with Crippen LogP contribution < -0.4 is 10.6 Å². The standard InChI is InChI=1S/C20H32N4O2/c1-16-7-2-3-9-18(16)23-20(21-11-10-17-8-6-14-26-17)22-15-19(25)24-12-4-5-13-24/h6,8,14,16,18H,2-5,7,9-13,15H2,1H3,(H2,21,22,23). The lowest BCUT2D eigenvalue weighted by Gasteiger charge is -2.31. The minimum absolute atomic E-state index is 0.131. The van der Waals surface area contributed by atoms with E-state index in [0.29, 0.717) is 12.0 Å². The van der Waals surface area contributed by atoms with Crippen molar-refractivity contribution in [2.75, 3.05) is 26.2 Å². The molecule has 2 fully saturated rings. The first-order chi connectivity index (χ1) is 12.7. The fourth-order valence-corrected chi connectivity index (χ4v) is 3.83. The highest BCUT2D eigenvalue weighted by molar-refractivity contribution is 5.85. The van der Waals surface area contributed by atoms with Gasteiger partial charge in [0.25, 0.3) is 0 Å². The number of nitrogens with one attached hydrogen (secondary N) is 2. The predicted molar refractivity (Wildman–Crippen MR) is 103 cm³/mol. The van der Waals surface area contributed by atoms with Crippen LogP contribution in [0.3, 0.4) is 0 Å². The molecule has 0 bridgehead atoms. The Morgan fingerprint density at radius 1 is 1.27 bits per heavy atom. The van der Waals surface area contributed by atoms with Crippen LogP contribution >= 0.6 is 0 Å². The predicted octanol–water partition coefficient (Wildman–Crippen LogP) is 2.56. The summed E-state index contributed by atoms with van der Waals surface area (Å²) in [5, 5.41) is 6.95. The molecule has 0 spiro atoms. The molecule has 2 aliphatic rings. The van der Waals surface area contributed by atoms with Gasteiger partial charge in [-0.25, -0.2) is 4.99 Å². The Balaban J connectivity index is 1.55. The smallest absolute Gasteiger partial charge is 0.244 e. The highest BCUT2D eigenvalue weighted by Crippen LogP contribution is 2.23. The lowest BCUT2D eigenvalue weighted by Crippen LogP contribution is -2.48. The molecule has 2 atom stereocenters. The zero-order chi connectivity index (χ0) is 18.2. The van der Waals surface area contributed by atoms with E-state index in [1.54, 1.807) is 6.26 Å². The van der Waals surface area contributed by atoms with Crippen LogP contribution in [0.25, 0.3) is 0 Å². The molecule has 1 saturated heterocycles. The van der Waals surface area contributed by atoms with E-state index in [9.17, 15) is 4.79 Å². The van der Waals surface area contributed by atoms with Crippen molar-refractivity contribution < 1.29 is 9.21 Å². The summed E-state index contributed by atoms with van der Waals surface area (Å²) in [5.74, 6) is 2.47. The molecule has 2 unspecified atom stereocenters. The van der Waals surface area contributed by atoms with E-state index in [2.05, 4.69) is 22.5 Å². The summed E-state index contributed by atoms with van der Waals surface area (Å²) in [5.41, 5.74) is 0. The van der Waals surface area contributed by atoms with Crippen LogP contribution in [-0.2, 0) is 11.2 Å². The molecule has 6 nitrogen and oxygen atoms in total. The summed E-state index contributed by atoms with van der Waals surface area (Å²) in [6.07, 6.45) is 9.71.